The summed E-state index contributed by atoms with van der Waals surface area (Å²) in [7, 11) is -3.76. The summed E-state index contributed by atoms with van der Waals surface area (Å²) < 4.78 is 40.4. The van der Waals surface area contributed by atoms with Gasteiger partial charge in [0.1, 0.15) is 10.7 Å². The molecule has 1 fully saturated rings. The zero-order chi connectivity index (χ0) is 14.3. The second-order valence-corrected chi connectivity index (χ2v) is 7.56. The van der Waals surface area contributed by atoms with E-state index in [1.165, 1.54) is 12.1 Å². The predicted octanol–water partition coefficient (Wildman–Crippen LogP) is 2.26. The molecular formula is C13H19FN2O2S. The summed E-state index contributed by atoms with van der Waals surface area (Å²) in [6, 6.07) is 3.70. The fourth-order valence-corrected chi connectivity index (χ4v) is 3.98. The van der Waals surface area contributed by atoms with E-state index >= 15 is 0 Å². The van der Waals surface area contributed by atoms with Gasteiger partial charge in [0.05, 0.1) is 5.69 Å². The number of nitrogens with one attached hydrogen (secondary N) is 1. The number of anilines is 1. The minimum Gasteiger partial charge on any atom is -0.395 e. The number of halogens is 1. The highest BCUT2D eigenvalue weighted by Crippen LogP contribution is 2.37. The van der Waals surface area contributed by atoms with Crippen molar-refractivity contribution < 1.29 is 12.8 Å². The van der Waals surface area contributed by atoms with Crippen LogP contribution in [0.5, 0.6) is 0 Å². The minimum absolute atomic E-state index is 0.109. The molecule has 0 heterocycles. The topological polar surface area (TPSA) is 72.2 Å². The molecule has 19 heavy (non-hydrogen) atoms. The van der Waals surface area contributed by atoms with Crippen LogP contribution in [0.2, 0.25) is 0 Å². The zero-order valence-corrected chi connectivity index (χ0v) is 11.9. The molecule has 0 spiro atoms. The quantitative estimate of drug-likeness (QED) is 0.837. The molecule has 6 heteroatoms. The molecule has 0 amide bonds. The lowest BCUT2D eigenvalue weighted by Crippen LogP contribution is -2.34. The fraction of sp³-hybridized carbons (Fsp3) is 0.538. The molecule has 4 nitrogen and oxygen atoms in total. The van der Waals surface area contributed by atoms with E-state index in [1.54, 1.807) is 0 Å². The number of sulfonamides is 1. The summed E-state index contributed by atoms with van der Waals surface area (Å²) in [6.45, 7) is 4.22. The maximum atomic E-state index is 13.3. The largest absolute Gasteiger partial charge is 0.395 e. The highest BCUT2D eigenvalue weighted by atomic mass is 32.2. The summed E-state index contributed by atoms with van der Waals surface area (Å²) in [5.41, 5.74) is 5.32. The first-order valence-electron chi connectivity index (χ1n) is 6.28. The van der Waals surface area contributed by atoms with Gasteiger partial charge in [0, 0.05) is 6.04 Å². The first kappa shape index (κ1) is 14.3. The van der Waals surface area contributed by atoms with Crippen molar-refractivity contribution in [3.8, 4) is 0 Å². The monoisotopic (exact) mass is 286 g/mol. The van der Waals surface area contributed by atoms with E-state index in [1.807, 2.05) is 0 Å². The minimum atomic E-state index is -3.76. The molecule has 0 radical (unpaired) electrons. The second kappa shape index (κ2) is 4.76. The van der Waals surface area contributed by atoms with Crippen molar-refractivity contribution in [2.45, 2.75) is 44.0 Å². The van der Waals surface area contributed by atoms with Crippen LogP contribution in [-0.4, -0.2) is 14.5 Å². The number of para-hydroxylation sites is 1. The van der Waals surface area contributed by atoms with Crippen LogP contribution in [0.4, 0.5) is 10.1 Å². The van der Waals surface area contributed by atoms with Crippen LogP contribution >= 0.6 is 0 Å². The van der Waals surface area contributed by atoms with Gasteiger partial charge in [-0.25, -0.2) is 17.5 Å². The zero-order valence-electron chi connectivity index (χ0n) is 11.1. The molecule has 1 aliphatic rings. The Kier molecular flexibility index (Phi) is 3.57. The van der Waals surface area contributed by atoms with Gasteiger partial charge in [-0.2, -0.15) is 0 Å². The van der Waals surface area contributed by atoms with E-state index in [9.17, 15) is 12.8 Å². The summed E-state index contributed by atoms with van der Waals surface area (Å²) in [5.74, 6) is -0.713. The third-order valence-corrected chi connectivity index (χ3v) is 5.17. The number of benzene rings is 1. The molecule has 1 aromatic carbocycles. The second-order valence-electron chi connectivity index (χ2n) is 5.88. The fourth-order valence-electron chi connectivity index (χ4n) is 2.57. The van der Waals surface area contributed by atoms with Crippen LogP contribution in [0.3, 0.4) is 0 Å². The highest BCUT2D eigenvalue weighted by Gasteiger charge is 2.34. The third kappa shape index (κ3) is 3.06. The third-order valence-electron chi connectivity index (χ3n) is 3.59. The van der Waals surface area contributed by atoms with E-state index in [-0.39, 0.29) is 22.0 Å². The predicted molar refractivity (Wildman–Crippen MR) is 72.6 cm³/mol. The molecule has 1 aliphatic carbocycles. The van der Waals surface area contributed by atoms with E-state index in [2.05, 4.69) is 18.6 Å². The van der Waals surface area contributed by atoms with Gasteiger partial charge in [-0.1, -0.05) is 19.9 Å². The Morgan fingerprint density at radius 1 is 1.42 bits per heavy atom. The SMILES string of the molecule is CC1(C)CCC(NS(=O)(=O)c2cccc(F)c2N)C1. The Morgan fingerprint density at radius 2 is 2.11 bits per heavy atom. The van der Waals surface area contributed by atoms with E-state index in [0.29, 0.717) is 0 Å². The number of nitrogen functional groups attached to an aromatic ring is 1. The average molecular weight is 286 g/mol. The van der Waals surface area contributed by atoms with Crippen molar-refractivity contribution in [3.05, 3.63) is 24.0 Å². The van der Waals surface area contributed by atoms with E-state index in [0.717, 1.165) is 25.3 Å². The summed E-state index contributed by atoms with van der Waals surface area (Å²) in [4.78, 5) is -0.183. The van der Waals surface area contributed by atoms with Crippen LogP contribution in [0, 0.1) is 11.2 Å². The van der Waals surface area contributed by atoms with Crippen LogP contribution in [0.1, 0.15) is 33.1 Å². The molecule has 1 saturated carbocycles. The molecule has 3 N–H and O–H groups in total. The molecule has 0 saturated heterocycles. The number of hydrogen-bond donors (Lipinski definition) is 2. The normalized spacial score (nSPS) is 22.6. The molecule has 0 bridgehead atoms. The Labute approximate surface area is 113 Å². The van der Waals surface area contributed by atoms with Crippen molar-refractivity contribution in [1.29, 1.82) is 0 Å². The molecule has 106 valence electrons. The Morgan fingerprint density at radius 3 is 2.68 bits per heavy atom. The van der Waals surface area contributed by atoms with Crippen molar-refractivity contribution >= 4 is 15.7 Å². The van der Waals surface area contributed by atoms with Gasteiger partial charge in [0.25, 0.3) is 0 Å². The molecular weight excluding hydrogens is 267 g/mol. The number of hydrogen-bond acceptors (Lipinski definition) is 3. The molecule has 1 unspecified atom stereocenters. The van der Waals surface area contributed by atoms with Gasteiger partial charge < -0.3 is 5.73 Å². The number of rotatable bonds is 3. The van der Waals surface area contributed by atoms with Crippen LogP contribution < -0.4 is 10.5 Å². The first-order valence-corrected chi connectivity index (χ1v) is 7.76. The Hall–Kier alpha value is -1.14. The van der Waals surface area contributed by atoms with E-state index in [4.69, 9.17) is 5.73 Å². The van der Waals surface area contributed by atoms with Crippen LogP contribution in [0.25, 0.3) is 0 Å². The standard InChI is InChI=1S/C13H19FN2O2S/c1-13(2)7-6-9(8-13)16-19(17,18)11-5-3-4-10(14)12(11)15/h3-5,9,16H,6-8,15H2,1-2H3. The van der Waals surface area contributed by atoms with Crippen molar-refractivity contribution in [3.63, 3.8) is 0 Å². The van der Waals surface area contributed by atoms with Crippen LogP contribution in [0.15, 0.2) is 23.1 Å². The van der Waals surface area contributed by atoms with E-state index < -0.39 is 15.8 Å². The maximum Gasteiger partial charge on any atom is 0.242 e. The maximum absolute atomic E-state index is 13.3. The summed E-state index contributed by atoms with van der Waals surface area (Å²) in [6.07, 6.45) is 2.54. The lowest BCUT2D eigenvalue weighted by atomic mass is 9.92. The average Bonchev–Trinajstić information content (AvgIpc) is 2.61. The van der Waals surface area contributed by atoms with Gasteiger partial charge in [-0.3, -0.25) is 0 Å². The van der Waals surface area contributed by atoms with Crippen molar-refractivity contribution in [1.82, 2.24) is 4.72 Å². The summed E-state index contributed by atoms with van der Waals surface area (Å²) in [5, 5.41) is 0. The molecule has 2 rings (SSSR count). The number of nitrogens with two attached hydrogens (primary N) is 1. The highest BCUT2D eigenvalue weighted by molar-refractivity contribution is 7.89. The lowest BCUT2D eigenvalue weighted by Gasteiger charge is -2.18. The van der Waals surface area contributed by atoms with Gasteiger partial charge >= 0.3 is 0 Å². The Bertz CT molecular complexity index is 584. The first-order chi connectivity index (χ1) is 8.71. The van der Waals surface area contributed by atoms with Gasteiger partial charge in [0.2, 0.25) is 10.0 Å². The van der Waals surface area contributed by atoms with Gasteiger partial charge in [-0.15, -0.1) is 0 Å². The molecule has 0 aliphatic heterocycles. The van der Waals surface area contributed by atoms with Crippen LogP contribution in [-0.2, 0) is 10.0 Å². The van der Waals surface area contributed by atoms with Gasteiger partial charge in [0.15, 0.2) is 0 Å². The Balaban J connectivity index is 2.22. The lowest BCUT2D eigenvalue weighted by molar-refractivity contribution is 0.372. The van der Waals surface area contributed by atoms with Crippen molar-refractivity contribution in [2.75, 3.05) is 5.73 Å². The van der Waals surface area contributed by atoms with Gasteiger partial charge in [-0.05, 0) is 36.8 Å². The molecule has 1 aromatic rings. The molecule has 1 atom stereocenters. The smallest absolute Gasteiger partial charge is 0.242 e. The molecule has 0 aromatic heterocycles. The summed E-state index contributed by atoms with van der Waals surface area (Å²) >= 11 is 0. The van der Waals surface area contributed by atoms with Crippen molar-refractivity contribution in [2.24, 2.45) is 5.41 Å².